The molecule has 0 spiro atoms. The Hall–Kier alpha value is -1.51. The molecule has 1 heterocycles. The maximum Gasteiger partial charge on any atom is 0.243 e. The van der Waals surface area contributed by atoms with E-state index in [1.165, 1.54) is 5.69 Å². The van der Waals surface area contributed by atoms with Crippen LogP contribution in [-0.4, -0.2) is 75.0 Å². The van der Waals surface area contributed by atoms with Gasteiger partial charge in [-0.2, -0.15) is 0 Å². The second-order valence-electron chi connectivity index (χ2n) is 6.52. The summed E-state index contributed by atoms with van der Waals surface area (Å²) in [4.78, 5) is 22.7. The fraction of sp³-hybridized carbons (Fsp3) is 0.579. The van der Waals surface area contributed by atoms with E-state index in [4.69, 9.17) is 0 Å². The summed E-state index contributed by atoms with van der Waals surface area (Å²) in [5.74, 6) is 0.883. The lowest BCUT2D eigenvalue weighted by molar-refractivity contribution is -0.127. The second kappa shape index (κ2) is 12.0. The minimum Gasteiger partial charge on any atom is -0.368 e. The SMILES string of the molecule is CCCCNC(=NCC(=O)N(C)C)N1CCN(c2ccccc2)CC1.I. The Morgan fingerprint density at radius 3 is 2.38 bits per heavy atom. The van der Waals surface area contributed by atoms with E-state index in [2.05, 4.69) is 51.3 Å². The number of benzene rings is 1. The molecule has 2 rings (SSSR count). The minimum absolute atomic E-state index is 0. The van der Waals surface area contributed by atoms with Crippen molar-refractivity contribution in [3.8, 4) is 0 Å². The highest BCUT2D eigenvalue weighted by Gasteiger charge is 2.20. The van der Waals surface area contributed by atoms with Gasteiger partial charge in [-0.05, 0) is 18.6 Å². The van der Waals surface area contributed by atoms with Gasteiger partial charge in [0.25, 0.3) is 0 Å². The van der Waals surface area contributed by atoms with Gasteiger partial charge in [0.2, 0.25) is 5.91 Å². The molecule has 1 aromatic carbocycles. The average Bonchev–Trinajstić information content (AvgIpc) is 2.65. The number of nitrogens with one attached hydrogen (secondary N) is 1. The van der Waals surface area contributed by atoms with E-state index in [0.717, 1.165) is 51.5 Å². The highest BCUT2D eigenvalue weighted by molar-refractivity contribution is 14.0. The summed E-state index contributed by atoms with van der Waals surface area (Å²) in [7, 11) is 3.53. The number of hydrogen-bond acceptors (Lipinski definition) is 3. The molecule has 1 aliphatic heterocycles. The molecule has 0 radical (unpaired) electrons. The average molecular weight is 473 g/mol. The van der Waals surface area contributed by atoms with Crippen LogP contribution in [0.2, 0.25) is 0 Å². The molecular weight excluding hydrogens is 441 g/mol. The summed E-state index contributed by atoms with van der Waals surface area (Å²) >= 11 is 0. The van der Waals surface area contributed by atoms with Crippen molar-refractivity contribution in [1.82, 2.24) is 15.1 Å². The zero-order valence-electron chi connectivity index (χ0n) is 16.1. The lowest BCUT2D eigenvalue weighted by Crippen LogP contribution is -2.53. The Morgan fingerprint density at radius 1 is 1.15 bits per heavy atom. The van der Waals surface area contributed by atoms with Crippen LogP contribution in [0.5, 0.6) is 0 Å². The van der Waals surface area contributed by atoms with Crippen LogP contribution in [0.3, 0.4) is 0 Å². The predicted octanol–water partition coefficient (Wildman–Crippen LogP) is 2.26. The Labute approximate surface area is 174 Å². The summed E-state index contributed by atoms with van der Waals surface area (Å²) in [6.07, 6.45) is 2.24. The Morgan fingerprint density at radius 2 is 1.81 bits per heavy atom. The molecule has 0 bridgehead atoms. The van der Waals surface area contributed by atoms with Crippen molar-refractivity contribution in [1.29, 1.82) is 0 Å². The van der Waals surface area contributed by atoms with Gasteiger partial charge < -0.3 is 20.0 Å². The Kier molecular flexibility index (Phi) is 10.4. The topological polar surface area (TPSA) is 51.2 Å². The number of piperazine rings is 1. The second-order valence-corrected chi connectivity index (χ2v) is 6.52. The number of nitrogens with zero attached hydrogens (tertiary/aromatic N) is 4. The summed E-state index contributed by atoms with van der Waals surface area (Å²) in [5, 5.41) is 3.43. The first-order chi connectivity index (χ1) is 12.1. The van der Waals surface area contributed by atoms with Crippen LogP contribution in [-0.2, 0) is 4.79 Å². The van der Waals surface area contributed by atoms with Gasteiger partial charge in [-0.15, -0.1) is 24.0 Å². The lowest BCUT2D eigenvalue weighted by Gasteiger charge is -2.37. The molecule has 0 unspecified atom stereocenters. The molecule has 1 saturated heterocycles. The number of para-hydroxylation sites is 1. The molecule has 0 saturated carbocycles. The summed E-state index contributed by atoms with van der Waals surface area (Å²) in [6, 6.07) is 10.5. The molecule has 1 aromatic rings. The first-order valence-corrected chi connectivity index (χ1v) is 9.15. The number of rotatable bonds is 6. The van der Waals surface area contributed by atoms with Crippen LogP contribution < -0.4 is 10.2 Å². The third-order valence-corrected chi connectivity index (χ3v) is 4.38. The minimum atomic E-state index is 0. The Balaban J connectivity index is 0.00000338. The maximum absolute atomic E-state index is 11.9. The third-order valence-electron chi connectivity index (χ3n) is 4.38. The van der Waals surface area contributed by atoms with Crippen LogP contribution >= 0.6 is 24.0 Å². The molecule has 26 heavy (non-hydrogen) atoms. The smallest absolute Gasteiger partial charge is 0.243 e. The van der Waals surface area contributed by atoms with E-state index >= 15 is 0 Å². The van der Waals surface area contributed by atoms with Crippen LogP contribution in [0.4, 0.5) is 5.69 Å². The van der Waals surface area contributed by atoms with Gasteiger partial charge in [0.15, 0.2) is 5.96 Å². The van der Waals surface area contributed by atoms with Crippen molar-refractivity contribution in [2.24, 2.45) is 4.99 Å². The van der Waals surface area contributed by atoms with Crippen LogP contribution in [0.25, 0.3) is 0 Å². The zero-order valence-corrected chi connectivity index (χ0v) is 18.5. The molecule has 1 amide bonds. The van der Waals surface area contributed by atoms with Crippen molar-refractivity contribution in [3.63, 3.8) is 0 Å². The fourth-order valence-electron chi connectivity index (χ4n) is 2.74. The maximum atomic E-state index is 11.9. The molecule has 7 heteroatoms. The number of halogens is 1. The third kappa shape index (κ3) is 7.01. The first kappa shape index (κ1) is 22.5. The van der Waals surface area contributed by atoms with Crippen LogP contribution in [0.1, 0.15) is 19.8 Å². The number of amides is 1. The Bertz CT molecular complexity index is 556. The molecule has 1 fully saturated rings. The highest BCUT2D eigenvalue weighted by atomic mass is 127. The van der Waals surface area contributed by atoms with Crippen LogP contribution in [0, 0.1) is 0 Å². The number of unbranched alkanes of at least 4 members (excludes halogenated alkanes) is 1. The van der Waals surface area contributed by atoms with Crippen molar-refractivity contribution >= 4 is 41.5 Å². The molecule has 1 aliphatic rings. The van der Waals surface area contributed by atoms with Gasteiger partial charge in [-0.25, -0.2) is 4.99 Å². The molecule has 0 aromatic heterocycles. The molecule has 146 valence electrons. The number of carbonyl (C=O) groups excluding carboxylic acids is 1. The largest absolute Gasteiger partial charge is 0.368 e. The number of likely N-dealkylation sites (N-methyl/N-ethyl adjacent to an activating group) is 1. The highest BCUT2D eigenvalue weighted by Crippen LogP contribution is 2.15. The molecule has 1 N–H and O–H groups in total. The van der Waals surface area contributed by atoms with E-state index in [1.54, 1.807) is 19.0 Å². The van der Waals surface area contributed by atoms with Gasteiger partial charge in [0.1, 0.15) is 6.54 Å². The summed E-state index contributed by atoms with van der Waals surface area (Å²) in [5.41, 5.74) is 1.27. The fourth-order valence-corrected chi connectivity index (χ4v) is 2.74. The van der Waals surface area contributed by atoms with Gasteiger partial charge in [0.05, 0.1) is 0 Å². The van der Waals surface area contributed by atoms with Gasteiger partial charge >= 0.3 is 0 Å². The van der Waals surface area contributed by atoms with Crippen LogP contribution in [0.15, 0.2) is 35.3 Å². The van der Waals surface area contributed by atoms with E-state index in [1.807, 2.05) is 6.07 Å². The van der Waals surface area contributed by atoms with Gasteiger partial charge in [-0.3, -0.25) is 4.79 Å². The van der Waals surface area contributed by atoms with Crippen molar-refractivity contribution in [2.75, 3.05) is 58.3 Å². The molecule has 6 nitrogen and oxygen atoms in total. The molecule has 0 atom stereocenters. The number of hydrogen-bond donors (Lipinski definition) is 1. The standard InChI is InChI=1S/C19H31N5O.HI/c1-4-5-11-20-19(21-16-18(25)22(2)3)24-14-12-23(13-15-24)17-9-7-6-8-10-17;/h6-10H,4-5,11-16H2,1-3H3,(H,20,21);1H. The van der Waals surface area contributed by atoms with E-state index in [0.29, 0.717) is 0 Å². The quantitative estimate of drug-likeness (QED) is 0.298. The number of aliphatic imine (C=N–C) groups is 1. The van der Waals surface area contributed by atoms with E-state index in [-0.39, 0.29) is 36.4 Å². The first-order valence-electron chi connectivity index (χ1n) is 9.15. The summed E-state index contributed by atoms with van der Waals surface area (Å²) < 4.78 is 0. The summed E-state index contributed by atoms with van der Waals surface area (Å²) in [6.45, 7) is 6.99. The van der Waals surface area contributed by atoms with Crippen molar-refractivity contribution in [2.45, 2.75) is 19.8 Å². The predicted molar refractivity (Wildman–Crippen MR) is 120 cm³/mol. The number of guanidine groups is 1. The molecule has 0 aliphatic carbocycles. The van der Waals surface area contributed by atoms with Crippen molar-refractivity contribution in [3.05, 3.63) is 30.3 Å². The van der Waals surface area contributed by atoms with Gasteiger partial charge in [-0.1, -0.05) is 31.5 Å². The van der Waals surface area contributed by atoms with Gasteiger partial charge in [0, 0.05) is 52.5 Å². The molecular formula is C19H32IN5O. The van der Waals surface area contributed by atoms with E-state index in [9.17, 15) is 4.79 Å². The number of anilines is 1. The monoisotopic (exact) mass is 473 g/mol. The normalized spacial score (nSPS) is 14.7. The number of carbonyl (C=O) groups is 1. The van der Waals surface area contributed by atoms with Crippen molar-refractivity contribution < 1.29 is 4.79 Å². The zero-order chi connectivity index (χ0) is 18.1. The van der Waals surface area contributed by atoms with E-state index < -0.39 is 0 Å². The lowest BCUT2D eigenvalue weighted by atomic mass is 10.2.